The van der Waals surface area contributed by atoms with E-state index >= 15 is 0 Å². The van der Waals surface area contributed by atoms with Crippen molar-refractivity contribution in [3.63, 3.8) is 0 Å². The highest BCUT2D eigenvalue weighted by Gasteiger charge is 2.23. The summed E-state index contributed by atoms with van der Waals surface area (Å²) in [5.74, 6) is 1.26. The van der Waals surface area contributed by atoms with Crippen LogP contribution in [0.5, 0.6) is 0 Å². The van der Waals surface area contributed by atoms with E-state index in [1.54, 1.807) is 24.4 Å². The van der Waals surface area contributed by atoms with Gasteiger partial charge in [-0.1, -0.05) is 6.07 Å². The Hall–Kier alpha value is -3.49. The first-order chi connectivity index (χ1) is 11.6. The molecule has 0 aliphatic carbocycles. The molecule has 3 rings (SSSR count). The topological polar surface area (TPSA) is 119 Å². The monoisotopic (exact) mass is 326 g/mol. The fraction of sp³-hybridized carbons (Fsp3) is 0.133. The molecule has 0 unspecified atom stereocenters. The molecule has 0 aliphatic rings. The van der Waals surface area contributed by atoms with Crippen LogP contribution >= 0.6 is 0 Å². The Kier molecular flexibility index (Phi) is 4.32. The smallest absolute Gasteiger partial charge is 0.353 e. The Labute approximate surface area is 136 Å². The van der Waals surface area contributed by atoms with Gasteiger partial charge in [-0.05, 0) is 30.7 Å². The summed E-state index contributed by atoms with van der Waals surface area (Å²) in [6, 6.07) is 7.06. The molecule has 3 aromatic heterocycles. The highest BCUT2D eigenvalue weighted by molar-refractivity contribution is 5.72. The molecular weight excluding hydrogens is 312 g/mol. The molecule has 9 heteroatoms. The summed E-state index contributed by atoms with van der Waals surface area (Å²) in [5, 5.41) is 17.2. The first-order valence-electron chi connectivity index (χ1n) is 7.09. The van der Waals surface area contributed by atoms with E-state index in [1.807, 2.05) is 13.0 Å². The zero-order valence-corrected chi connectivity index (χ0v) is 12.8. The molecule has 0 spiro atoms. The van der Waals surface area contributed by atoms with Crippen LogP contribution in [-0.2, 0) is 6.54 Å². The van der Waals surface area contributed by atoms with Crippen LogP contribution in [0.4, 0.5) is 23.1 Å². The molecule has 0 saturated carbocycles. The van der Waals surface area contributed by atoms with Gasteiger partial charge in [0, 0.05) is 6.20 Å². The minimum atomic E-state index is -0.541. The molecule has 3 heterocycles. The second kappa shape index (κ2) is 6.73. The molecule has 9 nitrogen and oxygen atoms in total. The maximum absolute atomic E-state index is 11.4. The van der Waals surface area contributed by atoms with Crippen LogP contribution in [0.15, 0.2) is 47.5 Å². The molecule has 0 aliphatic heterocycles. The summed E-state index contributed by atoms with van der Waals surface area (Å²) in [7, 11) is 0. The molecule has 0 atom stereocenters. The Balaban J connectivity index is 1.87. The normalized spacial score (nSPS) is 10.4. The molecule has 0 radical (unpaired) electrons. The van der Waals surface area contributed by atoms with E-state index in [4.69, 9.17) is 4.42 Å². The lowest BCUT2D eigenvalue weighted by Crippen LogP contribution is -2.08. The number of anilines is 3. The molecular formula is C15H14N6O3. The number of aryl methyl sites for hydroxylation is 1. The average molecular weight is 326 g/mol. The Morgan fingerprint density at radius 3 is 2.71 bits per heavy atom. The summed E-state index contributed by atoms with van der Waals surface area (Å²) in [5.41, 5.74) is 0.727. The highest BCUT2D eigenvalue weighted by Crippen LogP contribution is 2.30. The molecule has 2 N–H and O–H groups in total. The van der Waals surface area contributed by atoms with Crippen molar-refractivity contribution < 1.29 is 9.34 Å². The van der Waals surface area contributed by atoms with E-state index in [2.05, 4.69) is 25.6 Å². The van der Waals surface area contributed by atoms with Crippen molar-refractivity contribution in [1.29, 1.82) is 0 Å². The Bertz CT molecular complexity index is 833. The van der Waals surface area contributed by atoms with Crippen molar-refractivity contribution in [1.82, 2.24) is 15.0 Å². The molecule has 0 amide bonds. The number of nitrogens with one attached hydrogen (secondary N) is 2. The third kappa shape index (κ3) is 3.46. The molecule has 3 aromatic rings. The lowest BCUT2D eigenvalue weighted by atomic mass is 10.3. The second-order valence-corrected chi connectivity index (χ2v) is 4.96. The number of hydrogen-bond donors (Lipinski definition) is 2. The number of pyridine rings is 1. The van der Waals surface area contributed by atoms with Gasteiger partial charge < -0.3 is 15.1 Å². The van der Waals surface area contributed by atoms with E-state index in [1.165, 1.54) is 12.6 Å². The summed E-state index contributed by atoms with van der Waals surface area (Å²) >= 11 is 0. The summed E-state index contributed by atoms with van der Waals surface area (Å²) in [4.78, 5) is 23.0. The van der Waals surface area contributed by atoms with E-state index in [0.717, 1.165) is 5.56 Å². The molecule has 122 valence electrons. The summed E-state index contributed by atoms with van der Waals surface area (Å²) in [6.07, 6.45) is 4.43. The molecule has 0 fully saturated rings. The highest BCUT2D eigenvalue weighted by atomic mass is 16.6. The van der Waals surface area contributed by atoms with Crippen LogP contribution in [0.3, 0.4) is 0 Å². The van der Waals surface area contributed by atoms with Crippen molar-refractivity contribution >= 4 is 23.1 Å². The number of hydrogen-bond acceptors (Lipinski definition) is 8. The zero-order chi connectivity index (χ0) is 16.9. The minimum Gasteiger partial charge on any atom is -0.467 e. The third-order valence-electron chi connectivity index (χ3n) is 3.17. The third-order valence-corrected chi connectivity index (χ3v) is 3.17. The van der Waals surface area contributed by atoms with Gasteiger partial charge in [0.25, 0.3) is 0 Å². The lowest BCUT2D eigenvalue weighted by Gasteiger charge is -2.09. The van der Waals surface area contributed by atoms with Crippen LogP contribution in [0.1, 0.15) is 11.3 Å². The van der Waals surface area contributed by atoms with Crippen molar-refractivity contribution in [2.75, 3.05) is 10.6 Å². The van der Waals surface area contributed by atoms with Crippen LogP contribution in [0.2, 0.25) is 0 Å². The van der Waals surface area contributed by atoms with Crippen LogP contribution in [0, 0.1) is 17.0 Å². The Morgan fingerprint density at radius 1 is 1.21 bits per heavy atom. The lowest BCUT2D eigenvalue weighted by molar-refractivity contribution is -0.383. The molecule has 0 bridgehead atoms. The SMILES string of the molecule is Cc1ccc(Nc2ncnc(NCc3ccco3)c2[N+](=O)[O-])nc1. The largest absolute Gasteiger partial charge is 0.467 e. The van der Waals surface area contributed by atoms with Gasteiger partial charge in [0.1, 0.15) is 17.9 Å². The van der Waals surface area contributed by atoms with Gasteiger partial charge in [0.15, 0.2) is 0 Å². The van der Waals surface area contributed by atoms with Crippen LogP contribution in [-0.4, -0.2) is 19.9 Å². The Morgan fingerprint density at radius 2 is 2.04 bits per heavy atom. The second-order valence-electron chi connectivity index (χ2n) is 4.96. The first-order valence-corrected chi connectivity index (χ1v) is 7.09. The van der Waals surface area contributed by atoms with Crippen LogP contribution < -0.4 is 10.6 Å². The van der Waals surface area contributed by atoms with E-state index < -0.39 is 4.92 Å². The van der Waals surface area contributed by atoms with Gasteiger partial charge in [-0.2, -0.15) is 0 Å². The van der Waals surface area contributed by atoms with Gasteiger partial charge in [-0.25, -0.2) is 15.0 Å². The molecule has 24 heavy (non-hydrogen) atoms. The number of aromatic nitrogens is 3. The van der Waals surface area contributed by atoms with Gasteiger partial charge in [0.2, 0.25) is 11.6 Å². The zero-order valence-electron chi connectivity index (χ0n) is 12.8. The fourth-order valence-corrected chi connectivity index (χ4v) is 2.02. The van der Waals surface area contributed by atoms with Crippen molar-refractivity contribution in [3.05, 3.63) is 64.5 Å². The van der Waals surface area contributed by atoms with E-state index in [-0.39, 0.29) is 23.9 Å². The molecule has 0 saturated heterocycles. The number of nitro groups is 1. The number of rotatable bonds is 6. The van der Waals surface area contributed by atoms with Crippen molar-refractivity contribution in [3.8, 4) is 0 Å². The maximum Gasteiger partial charge on any atom is 0.353 e. The van der Waals surface area contributed by atoms with Gasteiger partial charge >= 0.3 is 5.69 Å². The molecule has 0 aromatic carbocycles. The predicted octanol–water partition coefficient (Wildman–Crippen LogP) is 3.04. The van der Waals surface area contributed by atoms with Gasteiger partial charge in [-0.15, -0.1) is 0 Å². The predicted molar refractivity (Wildman–Crippen MR) is 87.0 cm³/mol. The quantitative estimate of drug-likeness (QED) is 0.524. The average Bonchev–Trinajstić information content (AvgIpc) is 3.08. The fourth-order valence-electron chi connectivity index (χ4n) is 2.02. The van der Waals surface area contributed by atoms with Gasteiger partial charge in [0.05, 0.1) is 17.7 Å². The van der Waals surface area contributed by atoms with Gasteiger partial charge in [-0.3, -0.25) is 10.1 Å². The first kappa shape index (κ1) is 15.4. The maximum atomic E-state index is 11.4. The number of furan rings is 1. The summed E-state index contributed by atoms with van der Waals surface area (Å²) in [6.45, 7) is 2.17. The van der Waals surface area contributed by atoms with Crippen molar-refractivity contribution in [2.24, 2.45) is 0 Å². The number of nitrogens with zero attached hydrogens (tertiary/aromatic N) is 4. The minimum absolute atomic E-state index is 0.0632. The van der Waals surface area contributed by atoms with Crippen molar-refractivity contribution in [2.45, 2.75) is 13.5 Å². The standard InChI is InChI=1S/C15H14N6O3/c1-10-4-5-12(16-7-10)20-15-13(21(22)23)14(18-9-19-15)17-8-11-3-2-6-24-11/h2-7,9H,8H2,1H3,(H2,16,17,18,19,20). The van der Waals surface area contributed by atoms with E-state index in [9.17, 15) is 10.1 Å². The van der Waals surface area contributed by atoms with Crippen LogP contribution in [0.25, 0.3) is 0 Å². The van der Waals surface area contributed by atoms with E-state index in [0.29, 0.717) is 11.6 Å². The summed E-state index contributed by atoms with van der Waals surface area (Å²) < 4.78 is 5.19.